The molecule has 13 heavy (non-hydrogen) atoms. The number of hydrogen-bond donors (Lipinski definition) is 0. The lowest BCUT2D eigenvalue weighted by molar-refractivity contribution is 0.151. The maximum Gasteiger partial charge on any atom is 0.266 e. The van der Waals surface area contributed by atoms with Crippen LogP contribution in [-0.2, 0) is 0 Å². The molecule has 1 rings (SSSR count). The summed E-state index contributed by atoms with van der Waals surface area (Å²) in [5, 5.41) is 8.28. The molecular weight excluding hydrogens is 312 g/mol. The molecule has 0 saturated heterocycles. The SMILES string of the molecule is N#Cc1cc(C(F)F)c(Cl)nc1I. The summed E-state index contributed by atoms with van der Waals surface area (Å²) in [7, 11) is 0. The summed E-state index contributed by atoms with van der Waals surface area (Å²) >= 11 is 7.21. The fourth-order valence-electron chi connectivity index (χ4n) is 0.717. The molecule has 1 aromatic rings. The molecule has 0 unspecified atom stereocenters. The van der Waals surface area contributed by atoms with Gasteiger partial charge in [-0.05, 0) is 28.7 Å². The van der Waals surface area contributed by atoms with Crippen LogP contribution in [0.3, 0.4) is 0 Å². The Morgan fingerprint density at radius 3 is 2.69 bits per heavy atom. The van der Waals surface area contributed by atoms with E-state index in [2.05, 4.69) is 4.98 Å². The quantitative estimate of drug-likeness (QED) is 0.590. The molecule has 0 amide bonds. The second-order valence-corrected chi connectivity index (χ2v) is 3.50. The molecule has 0 aromatic carbocycles. The van der Waals surface area contributed by atoms with Crippen LogP contribution in [-0.4, -0.2) is 4.98 Å². The van der Waals surface area contributed by atoms with Crippen LogP contribution in [0.25, 0.3) is 0 Å². The summed E-state index contributed by atoms with van der Waals surface area (Å²) < 4.78 is 24.8. The average Bonchev–Trinajstić information content (AvgIpc) is 2.03. The third kappa shape index (κ3) is 2.25. The van der Waals surface area contributed by atoms with Crippen LogP contribution in [0.15, 0.2) is 6.07 Å². The zero-order valence-electron chi connectivity index (χ0n) is 6.06. The first-order valence-electron chi connectivity index (χ1n) is 3.10. The molecule has 0 spiro atoms. The Morgan fingerprint density at radius 2 is 2.23 bits per heavy atom. The standard InChI is InChI=1S/C7H2ClF2IN2/c8-5-4(6(9)10)1-3(2-12)7(11)13-5/h1,6H. The maximum atomic E-state index is 12.2. The second-order valence-electron chi connectivity index (χ2n) is 2.12. The van der Waals surface area contributed by atoms with E-state index in [4.69, 9.17) is 16.9 Å². The third-order valence-corrected chi connectivity index (χ3v) is 2.44. The van der Waals surface area contributed by atoms with E-state index in [1.807, 2.05) is 0 Å². The van der Waals surface area contributed by atoms with E-state index < -0.39 is 12.0 Å². The van der Waals surface area contributed by atoms with Crippen LogP contribution in [0, 0.1) is 15.0 Å². The van der Waals surface area contributed by atoms with Crippen molar-refractivity contribution in [2.24, 2.45) is 0 Å². The van der Waals surface area contributed by atoms with Gasteiger partial charge in [-0.2, -0.15) is 5.26 Å². The molecule has 0 aliphatic rings. The predicted octanol–water partition coefficient (Wildman–Crippen LogP) is 3.15. The zero-order chi connectivity index (χ0) is 10.0. The van der Waals surface area contributed by atoms with E-state index in [1.54, 1.807) is 28.7 Å². The lowest BCUT2D eigenvalue weighted by Crippen LogP contribution is -1.95. The Labute approximate surface area is 91.7 Å². The van der Waals surface area contributed by atoms with Crippen molar-refractivity contribution in [3.05, 3.63) is 26.0 Å². The van der Waals surface area contributed by atoms with Gasteiger partial charge in [0.2, 0.25) is 0 Å². The minimum absolute atomic E-state index is 0.111. The minimum atomic E-state index is -2.70. The molecule has 2 nitrogen and oxygen atoms in total. The normalized spacial score (nSPS) is 10.2. The van der Waals surface area contributed by atoms with E-state index in [9.17, 15) is 8.78 Å². The topological polar surface area (TPSA) is 36.7 Å². The monoisotopic (exact) mass is 314 g/mol. The number of rotatable bonds is 1. The summed E-state index contributed by atoms with van der Waals surface area (Å²) in [4.78, 5) is 3.62. The Hall–Kier alpha value is -0.480. The lowest BCUT2D eigenvalue weighted by Gasteiger charge is -2.03. The molecule has 1 aromatic heterocycles. The lowest BCUT2D eigenvalue weighted by atomic mass is 10.2. The first kappa shape index (κ1) is 10.6. The Balaban J connectivity index is 3.33. The second kappa shape index (κ2) is 4.15. The van der Waals surface area contributed by atoms with Crippen molar-refractivity contribution in [1.82, 2.24) is 4.98 Å². The van der Waals surface area contributed by atoms with E-state index >= 15 is 0 Å². The highest BCUT2D eigenvalue weighted by Crippen LogP contribution is 2.27. The highest BCUT2D eigenvalue weighted by molar-refractivity contribution is 14.1. The van der Waals surface area contributed by atoms with Gasteiger partial charge in [0.25, 0.3) is 6.43 Å². The van der Waals surface area contributed by atoms with Gasteiger partial charge >= 0.3 is 0 Å². The Morgan fingerprint density at radius 1 is 1.62 bits per heavy atom. The van der Waals surface area contributed by atoms with Gasteiger partial charge in [0.05, 0.1) is 11.1 Å². The van der Waals surface area contributed by atoms with Crippen LogP contribution < -0.4 is 0 Å². The van der Waals surface area contributed by atoms with Gasteiger partial charge < -0.3 is 0 Å². The molecule has 0 aliphatic carbocycles. The fraction of sp³-hybridized carbons (Fsp3) is 0.143. The first-order chi connectivity index (χ1) is 6.06. The van der Waals surface area contributed by atoms with E-state index in [1.165, 1.54) is 0 Å². The summed E-state index contributed by atoms with van der Waals surface area (Å²) in [6, 6.07) is 2.81. The third-order valence-electron chi connectivity index (χ3n) is 1.31. The molecule has 0 N–H and O–H groups in total. The number of aromatic nitrogens is 1. The smallest absolute Gasteiger partial charge is 0.228 e. The van der Waals surface area contributed by atoms with Gasteiger partial charge in [-0.3, -0.25) is 0 Å². The van der Waals surface area contributed by atoms with Crippen molar-refractivity contribution in [3.63, 3.8) is 0 Å². The number of halogens is 4. The molecule has 0 bridgehead atoms. The molecule has 0 radical (unpaired) electrons. The predicted molar refractivity (Wildman–Crippen MR) is 51.6 cm³/mol. The Bertz CT molecular complexity index is 375. The highest BCUT2D eigenvalue weighted by atomic mass is 127. The number of nitrogens with zero attached hydrogens (tertiary/aromatic N) is 2. The summed E-state index contributed by atoms with van der Waals surface area (Å²) in [6.07, 6.45) is -2.70. The van der Waals surface area contributed by atoms with Crippen LogP contribution in [0.5, 0.6) is 0 Å². The van der Waals surface area contributed by atoms with Crippen LogP contribution in [0.4, 0.5) is 8.78 Å². The van der Waals surface area contributed by atoms with Crippen molar-refractivity contribution < 1.29 is 8.78 Å². The van der Waals surface area contributed by atoms with Crippen molar-refractivity contribution in [2.75, 3.05) is 0 Å². The molecule has 0 fully saturated rings. The summed E-state index contributed by atoms with van der Waals surface area (Å²) in [5.74, 6) is 0. The highest BCUT2D eigenvalue weighted by Gasteiger charge is 2.15. The van der Waals surface area contributed by atoms with Gasteiger partial charge in [0, 0.05) is 0 Å². The molecule has 0 atom stereocenters. The van der Waals surface area contributed by atoms with Crippen LogP contribution in [0.2, 0.25) is 5.15 Å². The zero-order valence-corrected chi connectivity index (χ0v) is 8.97. The van der Waals surface area contributed by atoms with Crippen LogP contribution >= 0.6 is 34.2 Å². The fourth-order valence-corrected chi connectivity index (χ4v) is 1.60. The van der Waals surface area contributed by atoms with E-state index in [0.717, 1.165) is 6.07 Å². The summed E-state index contributed by atoms with van der Waals surface area (Å²) in [5.41, 5.74) is -0.293. The molecule has 0 aliphatic heterocycles. The number of pyridine rings is 1. The molecule has 0 saturated carbocycles. The van der Waals surface area contributed by atoms with Crippen molar-refractivity contribution in [1.29, 1.82) is 5.26 Å². The molecule has 68 valence electrons. The van der Waals surface area contributed by atoms with E-state index in [-0.39, 0.29) is 10.7 Å². The van der Waals surface area contributed by atoms with Gasteiger partial charge in [-0.15, -0.1) is 0 Å². The van der Waals surface area contributed by atoms with Crippen LogP contribution in [0.1, 0.15) is 17.6 Å². The van der Waals surface area contributed by atoms with Crippen molar-refractivity contribution >= 4 is 34.2 Å². The maximum absolute atomic E-state index is 12.2. The molecular formula is C7H2ClF2IN2. The van der Waals surface area contributed by atoms with Gasteiger partial charge in [-0.25, -0.2) is 13.8 Å². The Kier molecular flexibility index (Phi) is 3.39. The van der Waals surface area contributed by atoms with Gasteiger partial charge in [-0.1, -0.05) is 11.6 Å². The van der Waals surface area contributed by atoms with Gasteiger partial charge in [0.1, 0.15) is 14.9 Å². The summed E-state index contributed by atoms with van der Waals surface area (Å²) in [6.45, 7) is 0. The van der Waals surface area contributed by atoms with Crippen molar-refractivity contribution in [2.45, 2.75) is 6.43 Å². The van der Waals surface area contributed by atoms with E-state index in [0.29, 0.717) is 3.70 Å². The minimum Gasteiger partial charge on any atom is -0.228 e. The number of hydrogen-bond acceptors (Lipinski definition) is 2. The average molecular weight is 314 g/mol. The number of alkyl halides is 2. The number of nitriles is 1. The van der Waals surface area contributed by atoms with Gasteiger partial charge in [0.15, 0.2) is 0 Å². The molecule has 6 heteroatoms. The molecule has 1 heterocycles. The largest absolute Gasteiger partial charge is 0.266 e. The van der Waals surface area contributed by atoms with Crippen molar-refractivity contribution in [3.8, 4) is 6.07 Å². The first-order valence-corrected chi connectivity index (χ1v) is 4.56.